The Morgan fingerprint density at radius 1 is 1.35 bits per heavy atom. The third kappa shape index (κ3) is 3.69. The van der Waals surface area contributed by atoms with E-state index in [9.17, 15) is 5.26 Å². The molecular weight excluding hydrogens is 250 g/mol. The minimum Gasteiger partial charge on any atom is -0.379 e. The Balaban J connectivity index is 2.03. The van der Waals surface area contributed by atoms with Crippen LogP contribution in [-0.2, 0) is 4.74 Å². The Labute approximate surface area is 119 Å². The van der Waals surface area contributed by atoms with Crippen LogP contribution in [0.2, 0.25) is 0 Å². The van der Waals surface area contributed by atoms with E-state index in [4.69, 9.17) is 4.74 Å². The van der Waals surface area contributed by atoms with Crippen molar-refractivity contribution >= 4 is 16.7 Å². The van der Waals surface area contributed by atoms with Gasteiger partial charge in [0.25, 0.3) is 0 Å². The summed E-state index contributed by atoms with van der Waals surface area (Å²) < 4.78 is 5.50. The summed E-state index contributed by atoms with van der Waals surface area (Å²) in [7, 11) is 0. The molecule has 1 aromatic heterocycles. The number of aromatic nitrogens is 1. The molecule has 0 amide bonds. The number of nitrogens with one attached hydrogen (secondary N) is 1. The molecule has 0 aliphatic rings. The zero-order chi connectivity index (χ0) is 14.4. The zero-order valence-electron chi connectivity index (χ0n) is 11.9. The van der Waals surface area contributed by atoms with Gasteiger partial charge in [0.1, 0.15) is 11.9 Å². The number of nitrogens with zero attached hydrogens (tertiary/aromatic N) is 2. The predicted octanol–water partition coefficient (Wildman–Crippen LogP) is 3.19. The molecule has 0 spiro atoms. The van der Waals surface area contributed by atoms with Gasteiger partial charge in [-0.1, -0.05) is 32.0 Å². The molecule has 0 saturated carbocycles. The maximum atomic E-state index is 9.19. The summed E-state index contributed by atoms with van der Waals surface area (Å²) in [5.41, 5.74) is 1.45. The summed E-state index contributed by atoms with van der Waals surface area (Å²) in [4.78, 5) is 4.49. The van der Waals surface area contributed by atoms with Gasteiger partial charge < -0.3 is 10.1 Å². The number of para-hydroxylation sites is 1. The summed E-state index contributed by atoms with van der Waals surface area (Å²) in [6, 6.07) is 11.8. The molecule has 1 aromatic carbocycles. The van der Waals surface area contributed by atoms with Gasteiger partial charge in [-0.15, -0.1) is 0 Å². The molecule has 1 heterocycles. The van der Waals surface area contributed by atoms with E-state index in [1.54, 1.807) is 0 Å². The highest BCUT2D eigenvalue weighted by molar-refractivity contribution is 5.82. The average Bonchev–Trinajstić information content (AvgIpc) is 2.45. The predicted molar refractivity (Wildman–Crippen MR) is 80.6 cm³/mol. The van der Waals surface area contributed by atoms with E-state index in [1.165, 1.54) is 0 Å². The fourth-order valence-corrected chi connectivity index (χ4v) is 1.90. The largest absolute Gasteiger partial charge is 0.379 e. The molecule has 0 aliphatic carbocycles. The van der Waals surface area contributed by atoms with Crippen molar-refractivity contribution in [1.29, 1.82) is 5.26 Å². The van der Waals surface area contributed by atoms with Crippen molar-refractivity contribution in [3.63, 3.8) is 0 Å². The smallest absolute Gasteiger partial charge is 0.144 e. The van der Waals surface area contributed by atoms with Crippen LogP contribution >= 0.6 is 0 Å². The van der Waals surface area contributed by atoms with Crippen molar-refractivity contribution in [2.45, 2.75) is 13.8 Å². The Kier molecular flexibility index (Phi) is 4.91. The molecule has 0 bridgehead atoms. The zero-order valence-corrected chi connectivity index (χ0v) is 11.9. The van der Waals surface area contributed by atoms with Crippen molar-refractivity contribution in [3.05, 3.63) is 35.9 Å². The lowest BCUT2D eigenvalue weighted by Gasteiger charge is -2.10. The normalized spacial score (nSPS) is 10.7. The molecule has 0 fully saturated rings. The van der Waals surface area contributed by atoms with E-state index in [0.29, 0.717) is 30.5 Å². The quantitative estimate of drug-likeness (QED) is 0.818. The molecule has 4 heteroatoms. The van der Waals surface area contributed by atoms with Crippen LogP contribution in [-0.4, -0.2) is 24.7 Å². The molecule has 2 rings (SSSR count). The number of hydrogen-bond donors (Lipinski definition) is 1. The Bertz CT molecular complexity index is 617. The molecule has 104 valence electrons. The molecule has 2 aromatic rings. The highest BCUT2D eigenvalue weighted by Gasteiger charge is 2.05. The minimum atomic E-state index is 0.531. The Hall–Kier alpha value is -2.12. The number of rotatable bonds is 6. The maximum Gasteiger partial charge on any atom is 0.144 e. The van der Waals surface area contributed by atoms with E-state index in [-0.39, 0.29) is 0 Å². The topological polar surface area (TPSA) is 57.9 Å². The lowest BCUT2D eigenvalue weighted by molar-refractivity contribution is 0.118. The number of anilines is 1. The van der Waals surface area contributed by atoms with Crippen LogP contribution in [0.4, 0.5) is 5.82 Å². The lowest BCUT2D eigenvalue weighted by atomic mass is 10.1. The van der Waals surface area contributed by atoms with Crippen LogP contribution in [0.25, 0.3) is 10.9 Å². The summed E-state index contributed by atoms with van der Waals surface area (Å²) in [6.45, 7) is 6.24. The maximum absolute atomic E-state index is 9.19. The summed E-state index contributed by atoms with van der Waals surface area (Å²) >= 11 is 0. The molecule has 4 nitrogen and oxygen atoms in total. The highest BCUT2D eigenvalue weighted by Crippen LogP contribution is 2.19. The van der Waals surface area contributed by atoms with Gasteiger partial charge in [0.2, 0.25) is 0 Å². The van der Waals surface area contributed by atoms with Gasteiger partial charge in [-0.05, 0) is 18.1 Å². The Morgan fingerprint density at radius 2 is 2.15 bits per heavy atom. The van der Waals surface area contributed by atoms with Crippen molar-refractivity contribution in [1.82, 2.24) is 4.98 Å². The second-order valence-electron chi connectivity index (χ2n) is 5.08. The summed E-state index contributed by atoms with van der Waals surface area (Å²) in [5, 5.41) is 13.3. The van der Waals surface area contributed by atoms with Crippen molar-refractivity contribution < 1.29 is 4.74 Å². The van der Waals surface area contributed by atoms with Crippen molar-refractivity contribution in [2.24, 2.45) is 5.92 Å². The average molecular weight is 269 g/mol. The van der Waals surface area contributed by atoms with E-state index >= 15 is 0 Å². The highest BCUT2D eigenvalue weighted by atomic mass is 16.5. The van der Waals surface area contributed by atoms with Crippen LogP contribution in [0.15, 0.2) is 30.3 Å². The van der Waals surface area contributed by atoms with E-state index in [1.807, 2.05) is 30.3 Å². The number of fused-ring (bicyclic) bond motifs is 1. The van der Waals surface area contributed by atoms with Gasteiger partial charge in [-0.25, -0.2) is 4.98 Å². The molecule has 0 atom stereocenters. The van der Waals surface area contributed by atoms with Gasteiger partial charge in [-0.2, -0.15) is 5.26 Å². The first kappa shape index (κ1) is 14.3. The van der Waals surface area contributed by atoms with Gasteiger partial charge >= 0.3 is 0 Å². The third-order valence-electron chi connectivity index (χ3n) is 2.83. The Morgan fingerprint density at radius 3 is 2.90 bits per heavy atom. The van der Waals surface area contributed by atoms with Gasteiger partial charge in [0.15, 0.2) is 0 Å². The second-order valence-corrected chi connectivity index (χ2v) is 5.08. The molecular formula is C16H19N3O. The van der Waals surface area contributed by atoms with Crippen LogP contribution in [0, 0.1) is 17.2 Å². The number of hydrogen-bond acceptors (Lipinski definition) is 4. The summed E-state index contributed by atoms with van der Waals surface area (Å²) in [5.74, 6) is 1.16. The number of ether oxygens (including phenoxy) is 1. The van der Waals surface area contributed by atoms with E-state index in [0.717, 1.165) is 17.5 Å². The van der Waals surface area contributed by atoms with Gasteiger partial charge in [0.05, 0.1) is 17.7 Å². The molecule has 0 unspecified atom stereocenters. The lowest BCUT2D eigenvalue weighted by Crippen LogP contribution is -2.13. The van der Waals surface area contributed by atoms with Crippen molar-refractivity contribution in [2.75, 3.05) is 25.1 Å². The first-order chi connectivity index (χ1) is 9.70. The second kappa shape index (κ2) is 6.88. The molecule has 20 heavy (non-hydrogen) atoms. The molecule has 1 N–H and O–H groups in total. The summed E-state index contributed by atoms with van der Waals surface area (Å²) in [6.07, 6.45) is 0. The number of benzene rings is 1. The van der Waals surface area contributed by atoms with Crippen LogP contribution < -0.4 is 5.32 Å². The van der Waals surface area contributed by atoms with Crippen LogP contribution in [0.1, 0.15) is 19.4 Å². The van der Waals surface area contributed by atoms with E-state index in [2.05, 4.69) is 30.2 Å². The van der Waals surface area contributed by atoms with E-state index < -0.39 is 0 Å². The fraction of sp³-hybridized carbons (Fsp3) is 0.375. The SMILES string of the molecule is CC(C)COCCNc1nc2ccccc2cc1C#N. The van der Waals surface area contributed by atoms with Gasteiger partial charge in [-0.3, -0.25) is 0 Å². The van der Waals surface area contributed by atoms with Gasteiger partial charge in [0, 0.05) is 18.5 Å². The van der Waals surface area contributed by atoms with Crippen molar-refractivity contribution in [3.8, 4) is 6.07 Å². The molecule has 0 aliphatic heterocycles. The first-order valence-electron chi connectivity index (χ1n) is 6.82. The van der Waals surface area contributed by atoms with Crippen LogP contribution in [0.5, 0.6) is 0 Å². The first-order valence-corrected chi connectivity index (χ1v) is 6.82. The number of pyridine rings is 1. The standard InChI is InChI=1S/C16H19N3O/c1-12(2)11-20-8-7-18-16-14(10-17)9-13-5-3-4-6-15(13)19-16/h3-6,9,12H,7-8,11H2,1-2H3,(H,18,19). The number of nitriles is 1. The molecule has 0 saturated heterocycles. The monoisotopic (exact) mass is 269 g/mol. The van der Waals surface area contributed by atoms with Crippen LogP contribution in [0.3, 0.4) is 0 Å². The molecule has 0 radical (unpaired) electrons. The fourth-order valence-electron chi connectivity index (χ4n) is 1.90. The minimum absolute atomic E-state index is 0.531. The third-order valence-corrected chi connectivity index (χ3v) is 2.83.